The van der Waals surface area contributed by atoms with Gasteiger partial charge in [-0.3, -0.25) is 4.79 Å². The molecule has 1 atom stereocenters. The van der Waals surface area contributed by atoms with E-state index in [9.17, 15) is 9.18 Å². The van der Waals surface area contributed by atoms with E-state index in [-0.39, 0.29) is 17.8 Å². The highest BCUT2D eigenvalue weighted by atomic mass is 32.1. The lowest BCUT2D eigenvalue weighted by Gasteiger charge is -2.36. The Bertz CT molecular complexity index is 741. The van der Waals surface area contributed by atoms with Crippen LogP contribution >= 0.6 is 11.3 Å². The molecule has 0 aliphatic carbocycles. The van der Waals surface area contributed by atoms with Gasteiger partial charge < -0.3 is 4.90 Å². The first kappa shape index (κ1) is 17.1. The van der Waals surface area contributed by atoms with Crippen molar-refractivity contribution in [2.75, 3.05) is 6.54 Å². The van der Waals surface area contributed by atoms with Crippen LogP contribution in [0.1, 0.15) is 71.0 Å². The summed E-state index contributed by atoms with van der Waals surface area (Å²) < 4.78 is 13.6. The number of piperidine rings is 1. The molecular formula is C19H23FN2OS. The van der Waals surface area contributed by atoms with Crippen molar-refractivity contribution in [1.29, 1.82) is 0 Å². The number of carbonyl (C=O) groups is 1. The van der Waals surface area contributed by atoms with Crippen LogP contribution < -0.4 is 0 Å². The van der Waals surface area contributed by atoms with E-state index in [2.05, 4.69) is 18.8 Å². The molecule has 0 saturated carbocycles. The maximum atomic E-state index is 13.6. The number of carbonyl (C=O) groups excluding carboxylic acids is 1. The second-order valence-corrected chi connectivity index (χ2v) is 7.72. The summed E-state index contributed by atoms with van der Waals surface area (Å²) in [6.45, 7) is 6.79. The van der Waals surface area contributed by atoms with Gasteiger partial charge in [0, 0.05) is 12.5 Å². The smallest absolute Gasteiger partial charge is 0.266 e. The molecule has 0 spiro atoms. The number of halogens is 1. The van der Waals surface area contributed by atoms with Crippen molar-refractivity contribution < 1.29 is 9.18 Å². The molecule has 2 heterocycles. The van der Waals surface area contributed by atoms with Crippen molar-refractivity contribution in [2.45, 2.75) is 52.0 Å². The van der Waals surface area contributed by atoms with E-state index >= 15 is 0 Å². The second kappa shape index (κ2) is 7.01. The van der Waals surface area contributed by atoms with Crippen LogP contribution in [0.3, 0.4) is 0 Å². The number of rotatable bonds is 3. The van der Waals surface area contributed by atoms with Crippen LogP contribution in [0.4, 0.5) is 4.39 Å². The molecule has 24 heavy (non-hydrogen) atoms. The van der Waals surface area contributed by atoms with Gasteiger partial charge in [-0.25, -0.2) is 9.37 Å². The first-order valence-corrected chi connectivity index (χ1v) is 9.32. The van der Waals surface area contributed by atoms with Crippen LogP contribution in [0.2, 0.25) is 0 Å². The Kier molecular flexibility index (Phi) is 4.99. The summed E-state index contributed by atoms with van der Waals surface area (Å²) in [6.07, 6.45) is 2.93. The van der Waals surface area contributed by atoms with Crippen LogP contribution in [0.15, 0.2) is 24.3 Å². The molecule has 2 aromatic rings. The maximum absolute atomic E-state index is 13.6. The molecule has 1 aliphatic rings. The SMILES string of the molecule is Cc1nc(C(C)C)sc1C(=O)N1CCCC[C@@H]1c1cccc(F)c1. The van der Waals surface area contributed by atoms with Gasteiger partial charge >= 0.3 is 0 Å². The molecule has 1 amide bonds. The Morgan fingerprint density at radius 1 is 1.38 bits per heavy atom. The molecule has 0 N–H and O–H groups in total. The average Bonchev–Trinajstić information content (AvgIpc) is 2.96. The minimum Gasteiger partial charge on any atom is -0.331 e. The Balaban J connectivity index is 1.91. The molecule has 1 saturated heterocycles. The first-order chi connectivity index (χ1) is 11.5. The summed E-state index contributed by atoms with van der Waals surface area (Å²) in [6, 6.07) is 6.58. The van der Waals surface area contributed by atoms with E-state index in [1.165, 1.54) is 17.4 Å². The Hall–Kier alpha value is -1.75. The number of amides is 1. The summed E-state index contributed by atoms with van der Waals surface area (Å²) >= 11 is 1.49. The fraction of sp³-hybridized carbons (Fsp3) is 0.474. The van der Waals surface area contributed by atoms with Gasteiger partial charge in [-0.05, 0) is 43.9 Å². The highest BCUT2D eigenvalue weighted by Crippen LogP contribution is 2.34. The van der Waals surface area contributed by atoms with Crippen LogP contribution in [-0.2, 0) is 0 Å². The largest absolute Gasteiger partial charge is 0.331 e. The summed E-state index contributed by atoms with van der Waals surface area (Å²) in [7, 11) is 0. The normalized spacial score (nSPS) is 18.2. The van der Waals surface area contributed by atoms with E-state index in [4.69, 9.17) is 0 Å². The van der Waals surface area contributed by atoms with Crippen molar-refractivity contribution in [3.05, 3.63) is 51.2 Å². The topological polar surface area (TPSA) is 33.2 Å². The van der Waals surface area contributed by atoms with Crippen LogP contribution in [0, 0.1) is 12.7 Å². The predicted molar refractivity (Wildman–Crippen MR) is 95.0 cm³/mol. The molecule has 1 aromatic carbocycles. The summed E-state index contributed by atoms with van der Waals surface area (Å²) in [5, 5.41) is 0.996. The molecule has 0 bridgehead atoms. The number of likely N-dealkylation sites (tertiary alicyclic amines) is 1. The van der Waals surface area contributed by atoms with Crippen molar-refractivity contribution in [1.82, 2.24) is 9.88 Å². The van der Waals surface area contributed by atoms with Crippen molar-refractivity contribution in [2.24, 2.45) is 0 Å². The van der Waals surface area contributed by atoms with Gasteiger partial charge in [-0.15, -0.1) is 11.3 Å². The third-order valence-electron chi connectivity index (χ3n) is 4.50. The number of aromatic nitrogens is 1. The van der Waals surface area contributed by atoms with Gasteiger partial charge in [-0.1, -0.05) is 26.0 Å². The minimum atomic E-state index is -0.249. The first-order valence-electron chi connectivity index (χ1n) is 8.51. The molecule has 0 unspecified atom stereocenters. The number of thiazole rings is 1. The standard InChI is InChI=1S/C19H23FN2OS/c1-12(2)18-21-13(3)17(24-18)19(23)22-10-5-4-9-16(22)14-7-6-8-15(20)11-14/h6-8,11-12,16H,4-5,9-10H2,1-3H3/t16-/m1/s1. The van der Waals surface area contributed by atoms with Crippen LogP contribution in [-0.4, -0.2) is 22.3 Å². The molecule has 1 fully saturated rings. The highest BCUT2D eigenvalue weighted by molar-refractivity contribution is 7.13. The third kappa shape index (κ3) is 3.36. The zero-order valence-electron chi connectivity index (χ0n) is 14.4. The number of hydrogen-bond donors (Lipinski definition) is 0. The molecule has 3 nitrogen and oxygen atoms in total. The van der Waals surface area contributed by atoms with E-state index in [1.54, 1.807) is 12.1 Å². The molecule has 1 aliphatic heterocycles. The third-order valence-corrected chi connectivity index (χ3v) is 5.94. The number of benzene rings is 1. The van der Waals surface area contributed by atoms with E-state index in [1.807, 2.05) is 17.9 Å². The maximum Gasteiger partial charge on any atom is 0.266 e. The lowest BCUT2D eigenvalue weighted by atomic mass is 9.95. The lowest BCUT2D eigenvalue weighted by molar-refractivity contribution is 0.0615. The zero-order chi connectivity index (χ0) is 17.3. The van der Waals surface area contributed by atoms with Crippen molar-refractivity contribution in [3.8, 4) is 0 Å². The zero-order valence-corrected chi connectivity index (χ0v) is 15.2. The molecular weight excluding hydrogens is 323 g/mol. The molecule has 0 radical (unpaired) electrons. The van der Waals surface area contributed by atoms with Gasteiger partial charge in [0.05, 0.1) is 16.7 Å². The van der Waals surface area contributed by atoms with Gasteiger partial charge in [0.2, 0.25) is 0 Å². The van der Waals surface area contributed by atoms with E-state index in [0.717, 1.165) is 40.4 Å². The van der Waals surface area contributed by atoms with Gasteiger partial charge in [0.15, 0.2) is 0 Å². The second-order valence-electron chi connectivity index (χ2n) is 6.69. The lowest BCUT2D eigenvalue weighted by Crippen LogP contribution is -2.38. The Morgan fingerprint density at radius 3 is 2.83 bits per heavy atom. The predicted octanol–water partition coefficient (Wildman–Crippen LogP) is 5.08. The van der Waals surface area contributed by atoms with Gasteiger partial charge in [0.1, 0.15) is 10.7 Å². The molecule has 3 rings (SSSR count). The van der Waals surface area contributed by atoms with Crippen molar-refractivity contribution in [3.63, 3.8) is 0 Å². The quantitative estimate of drug-likeness (QED) is 0.776. The number of hydrogen-bond acceptors (Lipinski definition) is 3. The Labute approximate surface area is 146 Å². The van der Waals surface area contributed by atoms with E-state index < -0.39 is 0 Å². The Morgan fingerprint density at radius 2 is 2.17 bits per heavy atom. The summed E-state index contributed by atoms with van der Waals surface area (Å²) in [5.74, 6) is 0.100. The molecule has 5 heteroatoms. The van der Waals surface area contributed by atoms with E-state index in [0.29, 0.717) is 12.5 Å². The highest BCUT2D eigenvalue weighted by Gasteiger charge is 2.31. The van der Waals surface area contributed by atoms with Crippen LogP contribution in [0.25, 0.3) is 0 Å². The molecule has 1 aromatic heterocycles. The van der Waals surface area contributed by atoms with Gasteiger partial charge in [0.25, 0.3) is 5.91 Å². The number of nitrogens with zero attached hydrogens (tertiary/aromatic N) is 2. The van der Waals surface area contributed by atoms with Gasteiger partial charge in [-0.2, -0.15) is 0 Å². The van der Waals surface area contributed by atoms with Crippen molar-refractivity contribution >= 4 is 17.2 Å². The fourth-order valence-electron chi connectivity index (χ4n) is 3.23. The monoisotopic (exact) mass is 346 g/mol. The average molecular weight is 346 g/mol. The molecule has 128 valence electrons. The summed E-state index contributed by atoms with van der Waals surface area (Å²) in [5.41, 5.74) is 1.69. The minimum absolute atomic E-state index is 0.0332. The van der Waals surface area contributed by atoms with Crippen LogP contribution in [0.5, 0.6) is 0 Å². The summed E-state index contributed by atoms with van der Waals surface area (Å²) in [4.78, 5) is 20.3. The number of aryl methyl sites for hydroxylation is 1. The fourth-order valence-corrected chi connectivity index (χ4v) is 4.25.